The lowest BCUT2D eigenvalue weighted by atomic mass is 10.1. The summed E-state index contributed by atoms with van der Waals surface area (Å²) in [6.45, 7) is 5.36. The summed E-state index contributed by atoms with van der Waals surface area (Å²) in [6, 6.07) is 10.3. The van der Waals surface area contributed by atoms with Gasteiger partial charge in [-0.2, -0.15) is 0 Å². The van der Waals surface area contributed by atoms with Crippen molar-refractivity contribution in [1.82, 2.24) is 10.9 Å². The molecule has 2 rings (SSSR count). The lowest BCUT2D eigenvalue weighted by Crippen LogP contribution is -2.47. The summed E-state index contributed by atoms with van der Waals surface area (Å²) in [4.78, 5) is 36.0. The van der Waals surface area contributed by atoms with Crippen molar-refractivity contribution < 1.29 is 19.1 Å². The fourth-order valence-corrected chi connectivity index (χ4v) is 2.96. The number of hydrogen-bond acceptors (Lipinski definition) is 4. The molecule has 0 aromatic heterocycles. The summed E-state index contributed by atoms with van der Waals surface area (Å²) in [5.41, 5.74) is 7.25. The Hall–Kier alpha value is -2.77. The van der Waals surface area contributed by atoms with Crippen LogP contribution in [0.15, 0.2) is 36.4 Å². The molecule has 0 bridgehead atoms. The normalized spacial score (nSPS) is 11.4. The quantitative estimate of drug-likeness (QED) is 0.555. The minimum absolute atomic E-state index is 0.0263. The zero-order chi connectivity index (χ0) is 22.3. The second-order valence-electron chi connectivity index (χ2n) is 6.74. The molecule has 0 aliphatic heterocycles. The van der Waals surface area contributed by atoms with Gasteiger partial charge < -0.3 is 10.1 Å². The highest BCUT2D eigenvalue weighted by atomic mass is 35.5. The van der Waals surface area contributed by atoms with Gasteiger partial charge in [0.1, 0.15) is 5.75 Å². The first-order chi connectivity index (χ1) is 14.2. The molecular weight excluding hydrogens is 429 g/mol. The summed E-state index contributed by atoms with van der Waals surface area (Å²) in [7, 11) is 0. The van der Waals surface area contributed by atoms with Crippen molar-refractivity contribution in [2.24, 2.45) is 0 Å². The number of ether oxygens (including phenoxy) is 1. The molecule has 0 saturated heterocycles. The largest absolute Gasteiger partial charge is 0.479 e. The molecule has 0 aliphatic rings. The molecule has 0 radical (unpaired) electrons. The van der Waals surface area contributed by atoms with Crippen LogP contribution in [-0.4, -0.2) is 23.8 Å². The molecule has 0 aliphatic carbocycles. The van der Waals surface area contributed by atoms with E-state index in [9.17, 15) is 14.4 Å². The first-order valence-electron chi connectivity index (χ1n) is 9.23. The maximum absolute atomic E-state index is 12.1. The van der Waals surface area contributed by atoms with E-state index in [0.29, 0.717) is 10.7 Å². The predicted octanol–water partition coefficient (Wildman–Crippen LogP) is 3.94. The fraction of sp³-hybridized carbons (Fsp3) is 0.286. The average molecular weight is 452 g/mol. The summed E-state index contributed by atoms with van der Waals surface area (Å²) < 4.78 is 5.46. The van der Waals surface area contributed by atoms with E-state index in [0.717, 1.165) is 11.1 Å². The minimum Gasteiger partial charge on any atom is -0.479 e. The van der Waals surface area contributed by atoms with Crippen molar-refractivity contribution in [1.29, 1.82) is 0 Å². The van der Waals surface area contributed by atoms with Crippen molar-refractivity contribution in [3.63, 3.8) is 0 Å². The Kier molecular flexibility index (Phi) is 8.50. The summed E-state index contributed by atoms with van der Waals surface area (Å²) in [6.07, 6.45) is -1.03. The maximum atomic E-state index is 12.1. The van der Waals surface area contributed by atoms with E-state index in [4.69, 9.17) is 27.9 Å². The van der Waals surface area contributed by atoms with Crippen LogP contribution >= 0.6 is 23.2 Å². The van der Waals surface area contributed by atoms with Gasteiger partial charge in [0.15, 0.2) is 6.10 Å². The van der Waals surface area contributed by atoms with Crippen molar-refractivity contribution in [2.75, 3.05) is 5.32 Å². The van der Waals surface area contributed by atoms with Gasteiger partial charge in [-0.1, -0.05) is 40.9 Å². The Morgan fingerprint density at radius 1 is 0.967 bits per heavy atom. The molecule has 0 spiro atoms. The number of rotatable bonds is 7. The van der Waals surface area contributed by atoms with Gasteiger partial charge in [0.25, 0.3) is 5.91 Å². The highest BCUT2D eigenvalue weighted by Crippen LogP contribution is 2.28. The monoisotopic (exact) mass is 451 g/mol. The van der Waals surface area contributed by atoms with E-state index in [2.05, 4.69) is 16.2 Å². The molecule has 3 N–H and O–H groups in total. The third-order valence-corrected chi connectivity index (χ3v) is 4.66. The average Bonchev–Trinajstić information content (AvgIpc) is 2.68. The molecule has 0 heterocycles. The molecule has 160 valence electrons. The van der Waals surface area contributed by atoms with Crippen LogP contribution in [-0.2, 0) is 14.4 Å². The third-order valence-electron chi connectivity index (χ3n) is 4.13. The van der Waals surface area contributed by atoms with E-state index in [1.807, 2.05) is 32.0 Å². The van der Waals surface area contributed by atoms with Gasteiger partial charge in [0.2, 0.25) is 11.8 Å². The number of hydrazine groups is 1. The molecule has 3 amide bonds. The van der Waals surface area contributed by atoms with E-state index < -0.39 is 17.9 Å². The Balaban J connectivity index is 1.74. The number of halogens is 2. The molecule has 0 saturated carbocycles. The highest BCUT2D eigenvalue weighted by molar-refractivity contribution is 6.35. The molecule has 2 aromatic rings. The Labute approximate surface area is 185 Å². The first kappa shape index (κ1) is 23.5. The van der Waals surface area contributed by atoms with Gasteiger partial charge in [-0.05, 0) is 50.6 Å². The van der Waals surface area contributed by atoms with E-state index >= 15 is 0 Å². The molecule has 1 atom stereocenters. The SMILES string of the molecule is Cc1ccc(NC(=O)CCC(=O)NNC(=O)C(C)Oc2ccc(Cl)cc2Cl)c(C)c1. The fourth-order valence-electron chi connectivity index (χ4n) is 2.50. The standard InChI is InChI=1S/C21H23Cl2N3O4/c1-12-4-6-17(13(2)10-12)24-19(27)8-9-20(28)25-26-21(29)14(3)30-18-7-5-15(22)11-16(18)23/h4-7,10-11,14H,8-9H2,1-3H3,(H,24,27)(H,25,28)(H,26,29). The van der Waals surface area contributed by atoms with Gasteiger partial charge in [0.05, 0.1) is 5.02 Å². The first-order valence-corrected chi connectivity index (χ1v) is 9.99. The Morgan fingerprint density at radius 2 is 1.67 bits per heavy atom. The minimum atomic E-state index is -0.920. The topological polar surface area (TPSA) is 96.5 Å². The number of nitrogens with one attached hydrogen (secondary N) is 3. The van der Waals surface area contributed by atoms with Crippen LogP contribution in [0.1, 0.15) is 30.9 Å². The van der Waals surface area contributed by atoms with Crippen LogP contribution in [0.3, 0.4) is 0 Å². The predicted molar refractivity (Wildman–Crippen MR) is 117 cm³/mol. The maximum Gasteiger partial charge on any atom is 0.279 e. The molecular formula is C21H23Cl2N3O4. The van der Waals surface area contributed by atoms with Gasteiger partial charge in [-0.15, -0.1) is 0 Å². The van der Waals surface area contributed by atoms with Crippen molar-refractivity contribution in [3.05, 3.63) is 57.6 Å². The second-order valence-corrected chi connectivity index (χ2v) is 7.58. The van der Waals surface area contributed by atoms with Crippen LogP contribution in [0.5, 0.6) is 5.75 Å². The lowest BCUT2D eigenvalue weighted by molar-refractivity contribution is -0.133. The van der Waals surface area contributed by atoms with Crippen LogP contribution in [0.25, 0.3) is 0 Å². The third kappa shape index (κ3) is 7.24. The highest BCUT2D eigenvalue weighted by Gasteiger charge is 2.17. The zero-order valence-corrected chi connectivity index (χ0v) is 18.4. The summed E-state index contributed by atoms with van der Waals surface area (Å²) >= 11 is 11.8. The van der Waals surface area contributed by atoms with Crippen LogP contribution in [0.4, 0.5) is 5.69 Å². The number of hydrogen-bond donors (Lipinski definition) is 3. The molecule has 0 fully saturated rings. The van der Waals surface area contributed by atoms with Crippen LogP contribution < -0.4 is 20.9 Å². The summed E-state index contributed by atoms with van der Waals surface area (Å²) in [5, 5.41) is 3.47. The Morgan fingerprint density at radius 3 is 2.33 bits per heavy atom. The number of amides is 3. The second kappa shape index (κ2) is 10.8. The number of aryl methyl sites for hydroxylation is 2. The zero-order valence-electron chi connectivity index (χ0n) is 16.8. The number of benzene rings is 2. The van der Waals surface area contributed by atoms with Gasteiger partial charge in [0, 0.05) is 23.6 Å². The molecule has 30 heavy (non-hydrogen) atoms. The number of carbonyl (C=O) groups excluding carboxylic acids is 3. The van der Waals surface area contributed by atoms with E-state index in [1.165, 1.54) is 13.0 Å². The van der Waals surface area contributed by atoms with Gasteiger partial charge in [-0.25, -0.2) is 0 Å². The van der Waals surface area contributed by atoms with Crippen molar-refractivity contribution in [3.8, 4) is 5.75 Å². The van der Waals surface area contributed by atoms with Crippen LogP contribution in [0, 0.1) is 13.8 Å². The number of carbonyl (C=O) groups is 3. The molecule has 7 nitrogen and oxygen atoms in total. The van der Waals surface area contributed by atoms with Crippen molar-refractivity contribution >= 4 is 46.6 Å². The van der Waals surface area contributed by atoms with Crippen LogP contribution in [0.2, 0.25) is 10.0 Å². The van der Waals surface area contributed by atoms with E-state index in [-0.39, 0.29) is 29.5 Å². The van der Waals surface area contributed by atoms with Gasteiger partial charge in [-0.3, -0.25) is 25.2 Å². The lowest BCUT2D eigenvalue weighted by Gasteiger charge is -2.16. The molecule has 9 heteroatoms. The van der Waals surface area contributed by atoms with Crippen molar-refractivity contribution in [2.45, 2.75) is 39.7 Å². The van der Waals surface area contributed by atoms with E-state index in [1.54, 1.807) is 12.1 Å². The number of anilines is 1. The van der Waals surface area contributed by atoms with Gasteiger partial charge >= 0.3 is 0 Å². The summed E-state index contributed by atoms with van der Waals surface area (Å²) in [5.74, 6) is -1.08. The Bertz CT molecular complexity index is 950. The smallest absolute Gasteiger partial charge is 0.279 e. The molecule has 1 unspecified atom stereocenters. The molecule has 2 aromatic carbocycles.